The van der Waals surface area contributed by atoms with E-state index >= 15 is 0 Å². The first kappa shape index (κ1) is 20.2. The maximum absolute atomic E-state index is 6.02. The van der Waals surface area contributed by atoms with Crippen LogP contribution in [-0.4, -0.2) is 57.8 Å². The van der Waals surface area contributed by atoms with Gasteiger partial charge in [-0.2, -0.15) is 0 Å². The average molecular weight is 413 g/mol. The summed E-state index contributed by atoms with van der Waals surface area (Å²) in [4.78, 5) is 2.50. The Morgan fingerprint density at radius 2 is 2.00 bits per heavy atom. The molecule has 0 bridgehead atoms. The molecule has 154 valence electrons. The van der Waals surface area contributed by atoms with Gasteiger partial charge in [-0.1, -0.05) is 43.8 Å². The highest BCUT2D eigenvalue weighted by atomic mass is 32.2. The number of benzene rings is 1. The molecule has 1 aromatic carbocycles. The predicted molar refractivity (Wildman–Crippen MR) is 116 cm³/mol. The van der Waals surface area contributed by atoms with Gasteiger partial charge >= 0.3 is 0 Å². The summed E-state index contributed by atoms with van der Waals surface area (Å²) in [5, 5.41) is 9.87. The van der Waals surface area contributed by atoms with Crippen LogP contribution in [0, 0.1) is 12.8 Å². The summed E-state index contributed by atoms with van der Waals surface area (Å²) in [5.41, 5.74) is 2.01. The molecule has 6 nitrogen and oxygen atoms in total. The van der Waals surface area contributed by atoms with Crippen LogP contribution >= 0.6 is 11.8 Å². The van der Waals surface area contributed by atoms with Crippen LogP contribution in [0.1, 0.15) is 19.6 Å². The minimum Gasteiger partial charge on any atom is -0.469 e. The number of thioether (sulfide) groups is 1. The van der Waals surface area contributed by atoms with Gasteiger partial charge in [0.05, 0.1) is 24.5 Å². The summed E-state index contributed by atoms with van der Waals surface area (Å²) < 4.78 is 13.6. The number of aryl methyl sites for hydroxylation is 1. The zero-order valence-electron chi connectivity index (χ0n) is 17.2. The summed E-state index contributed by atoms with van der Waals surface area (Å²) in [5.74, 6) is 3.16. The molecular formula is C22H28N4O2S. The summed E-state index contributed by atoms with van der Waals surface area (Å²) in [6.07, 6.45) is 1.90. The minimum atomic E-state index is 0.201. The van der Waals surface area contributed by atoms with E-state index in [0.29, 0.717) is 5.92 Å². The fourth-order valence-corrected chi connectivity index (χ4v) is 4.65. The first-order valence-electron chi connectivity index (χ1n) is 10.1. The number of aromatic nitrogens is 3. The number of hydrogen-bond donors (Lipinski definition) is 0. The molecule has 7 heteroatoms. The molecule has 0 aliphatic carbocycles. The van der Waals surface area contributed by atoms with Crippen molar-refractivity contribution in [1.29, 1.82) is 0 Å². The third-order valence-electron chi connectivity index (χ3n) is 4.99. The zero-order chi connectivity index (χ0) is 20.2. The Labute approximate surface area is 176 Å². The highest BCUT2D eigenvalue weighted by Crippen LogP contribution is 2.30. The molecule has 0 radical (unpaired) electrons. The van der Waals surface area contributed by atoms with Gasteiger partial charge in [-0.15, -0.1) is 10.2 Å². The Morgan fingerprint density at radius 3 is 2.72 bits per heavy atom. The molecule has 0 saturated carbocycles. The molecule has 1 saturated heterocycles. The maximum Gasteiger partial charge on any atom is 0.196 e. The number of hydrogen-bond acceptors (Lipinski definition) is 6. The molecule has 0 spiro atoms. The lowest BCUT2D eigenvalue weighted by molar-refractivity contribution is -0.0191. The van der Waals surface area contributed by atoms with Gasteiger partial charge in [-0.3, -0.25) is 9.47 Å². The number of ether oxygens (including phenoxy) is 1. The van der Waals surface area contributed by atoms with Crippen LogP contribution < -0.4 is 0 Å². The topological polar surface area (TPSA) is 56.3 Å². The van der Waals surface area contributed by atoms with Crippen molar-refractivity contribution in [1.82, 2.24) is 19.7 Å². The third kappa shape index (κ3) is 4.74. The summed E-state index contributed by atoms with van der Waals surface area (Å²) >= 11 is 1.70. The fourth-order valence-electron chi connectivity index (χ4n) is 3.70. The SMILES string of the molecule is Cc1occc1-c1nnc(SC[C@@H]2CN(CC(C)C)CCO2)n1-c1ccccc1. The van der Waals surface area contributed by atoms with Crippen molar-refractivity contribution < 1.29 is 9.15 Å². The normalized spacial score (nSPS) is 17.9. The lowest BCUT2D eigenvalue weighted by atomic mass is 10.2. The van der Waals surface area contributed by atoms with Gasteiger partial charge in [0.25, 0.3) is 0 Å². The van der Waals surface area contributed by atoms with E-state index in [1.54, 1.807) is 18.0 Å². The van der Waals surface area contributed by atoms with Crippen molar-refractivity contribution in [2.24, 2.45) is 5.92 Å². The van der Waals surface area contributed by atoms with E-state index in [9.17, 15) is 0 Å². The van der Waals surface area contributed by atoms with E-state index in [0.717, 1.165) is 60.0 Å². The van der Waals surface area contributed by atoms with Crippen molar-refractivity contribution >= 4 is 11.8 Å². The van der Waals surface area contributed by atoms with Gasteiger partial charge < -0.3 is 9.15 Å². The molecule has 1 aliphatic heterocycles. The van der Waals surface area contributed by atoms with Crippen LogP contribution in [0.4, 0.5) is 0 Å². The second-order valence-electron chi connectivity index (χ2n) is 7.82. The highest BCUT2D eigenvalue weighted by molar-refractivity contribution is 7.99. The van der Waals surface area contributed by atoms with Gasteiger partial charge in [0, 0.05) is 31.1 Å². The molecule has 0 N–H and O–H groups in total. The summed E-state index contributed by atoms with van der Waals surface area (Å²) in [7, 11) is 0. The van der Waals surface area contributed by atoms with E-state index in [-0.39, 0.29) is 6.10 Å². The molecule has 0 amide bonds. The van der Waals surface area contributed by atoms with Crippen LogP contribution in [0.3, 0.4) is 0 Å². The van der Waals surface area contributed by atoms with E-state index in [4.69, 9.17) is 9.15 Å². The standard InChI is InChI=1S/C22H28N4O2S/c1-16(2)13-25-10-12-28-19(14-25)15-29-22-24-23-21(20-9-11-27-17(20)3)26(22)18-7-5-4-6-8-18/h4-9,11,16,19H,10,12-15H2,1-3H3/t19-/m0/s1. The van der Waals surface area contributed by atoms with Crippen LogP contribution in [-0.2, 0) is 4.74 Å². The molecule has 1 fully saturated rings. The second kappa shape index (κ2) is 9.15. The number of furan rings is 1. The molecule has 3 aromatic rings. The van der Waals surface area contributed by atoms with Crippen molar-refractivity contribution in [3.05, 3.63) is 48.4 Å². The fraction of sp³-hybridized carbons (Fsp3) is 0.455. The van der Waals surface area contributed by atoms with Gasteiger partial charge in [0.2, 0.25) is 0 Å². The Kier molecular flexibility index (Phi) is 6.37. The van der Waals surface area contributed by atoms with E-state index in [1.165, 1.54) is 0 Å². The lowest BCUT2D eigenvalue weighted by Crippen LogP contribution is -2.44. The molecule has 4 rings (SSSR count). The van der Waals surface area contributed by atoms with Crippen LogP contribution in [0.5, 0.6) is 0 Å². The van der Waals surface area contributed by atoms with Crippen molar-refractivity contribution in [3.8, 4) is 17.1 Å². The summed E-state index contributed by atoms with van der Waals surface area (Å²) in [6.45, 7) is 10.4. The van der Waals surface area contributed by atoms with Gasteiger partial charge in [0.15, 0.2) is 11.0 Å². The molecule has 2 aromatic heterocycles. The molecular weight excluding hydrogens is 384 g/mol. The van der Waals surface area contributed by atoms with Crippen LogP contribution in [0.15, 0.2) is 52.2 Å². The first-order chi connectivity index (χ1) is 14.1. The van der Waals surface area contributed by atoms with Crippen molar-refractivity contribution in [2.75, 3.05) is 32.0 Å². The monoisotopic (exact) mass is 412 g/mol. The average Bonchev–Trinajstić information content (AvgIpc) is 3.32. The Hall–Kier alpha value is -2.09. The smallest absolute Gasteiger partial charge is 0.196 e. The number of nitrogens with zero attached hydrogens (tertiary/aromatic N) is 4. The molecule has 29 heavy (non-hydrogen) atoms. The van der Waals surface area contributed by atoms with E-state index in [1.807, 2.05) is 31.2 Å². The quantitative estimate of drug-likeness (QED) is 0.540. The van der Waals surface area contributed by atoms with Crippen molar-refractivity contribution in [2.45, 2.75) is 32.0 Å². The minimum absolute atomic E-state index is 0.201. The zero-order valence-corrected chi connectivity index (χ0v) is 18.1. The molecule has 1 atom stereocenters. The van der Waals surface area contributed by atoms with Crippen molar-refractivity contribution in [3.63, 3.8) is 0 Å². The number of morpholine rings is 1. The molecule has 3 heterocycles. The lowest BCUT2D eigenvalue weighted by Gasteiger charge is -2.33. The third-order valence-corrected chi connectivity index (χ3v) is 6.05. The maximum atomic E-state index is 6.02. The van der Waals surface area contributed by atoms with E-state index < -0.39 is 0 Å². The number of para-hydroxylation sites is 1. The van der Waals surface area contributed by atoms with Crippen LogP contribution in [0.2, 0.25) is 0 Å². The Balaban J connectivity index is 1.55. The van der Waals surface area contributed by atoms with E-state index in [2.05, 4.69) is 45.6 Å². The predicted octanol–water partition coefficient (Wildman–Crippen LogP) is 4.28. The van der Waals surface area contributed by atoms with Crippen LogP contribution in [0.25, 0.3) is 17.1 Å². The Bertz CT molecular complexity index is 922. The van der Waals surface area contributed by atoms with Gasteiger partial charge in [-0.05, 0) is 31.0 Å². The highest BCUT2D eigenvalue weighted by Gasteiger charge is 2.24. The molecule has 0 unspecified atom stereocenters. The largest absolute Gasteiger partial charge is 0.469 e. The Morgan fingerprint density at radius 1 is 1.17 bits per heavy atom. The molecule has 1 aliphatic rings. The van der Waals surface area contributed by atoms with Gasteiger partial charge in [-0.25, -0.2) is 0 Å². The summed E-state index contributed by atoms with van der Waals surface area (Å²) in [6, 6.07) is 12.2. The van der Waals surface area contributed by atoms with Gasteiger partial charge in [0.1, 0.15) is 5.76 Å². The number of rotatable bonds is 7. The second-order valence-corrected chi connectivity index (χ2v) is 8.81. The first-order valence-corrected chi connectivity index (χ1v) is 11.1.